The summed E-state index contributed by atoms with van der Waals surface area (Å²) in [6.07, 6.45) is 1.11. The van der Waals surface area contributed by atoms with E-state index in [0.717, 1.165) is 27.6 Å². The smallest absolute Gasteiger partial charge is 0.407 e. The molecule has 9 nitrogen and oxygen atoms in total. The Morgan fingerprint density at radius 2 is 1.71 bits per heavy atom. The maximum atomic E-state index is 13.3. The highest BCUT2D eigenvalue weighted by atomic mass is 35.5. The van der Waals surface area contributed by atoms with Crippen LogP contribution in [0.2, 0.25) is 10.2 Å². The predicted octanol–water partition coefficient (Wildman–Crippen LogP) is 5.40. The van der Waals surface area contributed by atoms with E-state index in [1.54, 1.807) is 54.4 Å². The summed E-state index contributed by atoms with van der Waals surface area (Å²) in [5.74, 6) is -0.307. The number of benzene rings is 2. The molecule has 0 bridgehead atoms. The number of ether oxygens (including phenoxy) is 1. The van der Waals surface area contributed by atoms with Crippen molar-refractivity contribution in [1.29, 1.82) is 0 Å². The van der Waals surface area contributed by atoms with Crippen molar-refractivity contribution in [2.75, 3.05) is 0 Å². The number of aromatic nitrogens is 3. The summed E-state index contributed by atoms with van der Waals surface area (Å²) in [5, 5.41) is 11.8. The van der Waals surface area contributed by atoms with Gasteiger partial charge in [-0.2, -0.15) is 5.10 Å². The van der Waals surface area contributed by atoms with Crippen LogP contribution < -0.4 is 16.2 Å². The summed E-state index contributed by atoms with van der Waals surface area (Å²) >= 11 is 12.5. The molecule has 2 aromatic carbocycles. The topological polar surface area (TPSA) is 107 Å². The van der Waals surface area contributed by atoms with Crippen LogP contribution in [-0.2, 0) is 42.1 Å². The van der Waals surface area contributed by atoms with Crippen LogP contribution in [0.4, 0.5) is 4.79 Å². The molecule has 0 aliphatic carbocycles. The maximum Gasteiger partial charge on any atom is 0.407 e. The van der Waals surface area contributed by atoms with Crippen LogP contribution in [0, 0.1) is 6.92 Å². The van der Waals surface area contributed by atoms with Gasteiger partial charge < -0.3 is 19.9 Å². The fourth-order valence-electron chi connectivity index (χ4n) is 4.39. The summed E-state index contributed by atoms with van der Waals surface area (Å²) in [7, 11) is 0. The van der Waals surface area contributed by atoms with Crippen molar-refractivity contribution in [2.24, 2.45) is 0 Å². The molecule has 41 heavy (non-hydrogen) atoms. The molecule has 2 aromatic heterocycles. The molecule has 11 heteroatoms. The van der Waals surface area contributed by atoms with Crippen molar-refractivity contribution in [3.63, 3.8) is 0 Å². The number of amides is 2. The van der Waals surface area contributed by atoms with Crippen LogP contribution >= 0.6 is 23.2 Å². The fourth-order valence-corrected chi connectivity index (χ4v) is 4.84. The van der Waals surface area contributed by atoms with E-state index in [0.29, 0.717) is 28.8 Å². The lowest BCUT2D eigenvalue weighted by Crippen LogP contribution is -2.33. The lowest BCUT2D eigenvalue weighted by Gasteiger charge is -2.20. The average Bonchev–Trinajstić information content (AvgIpc) is 3.23. The second-order valence-corrected chi connectivity index (χ2v) is 11.5. The van der Waals surface area contributed by atoms with Crippen molar-refractivity contribution in [3.05, 3.63) is 97.5 Å². The number of halogens is 2. The first-order valence-electron chi connectivity index (χ1n) is 13.2. The van der Waals surface area contributed by atoms with Gasteiger partial charge in [0.2, 0.25) is 5.91 Å². The molecule has 0 atom stereocenters. The molecule has 0 fully saturated rings. The zero-order valence-electron chi connectivity index (χ0n) is 23.5. The minimum Gasteiger partial charge on any atom is -0.444 e. The number of hydrogen-bond acceptors (Lipinski definition) is 5. The summed E-state index contributed by atoms with van der Waals surface area (Å²) < 4.78 is 8.65. The highest BCUT2D eigenvalue weighted by molar-refractivity contribution is 6.34. The van der Waals surface area contributed by atoms with Gasteiger partial charge in [-0.3, -0.25) is 14.3 Å². The third-order valence-corrected chi connectivity index (χ3v) is 6.98. The Hall–Kier alpha value is -3.82. The molecule has 0 saturated carbocycles. The minimum atomic E-state index is -0.615. The third kappa shape index (κ3) is 7.89. The van der Waals surface area contributed by atoms with Crippen LogP contribution in [0.5, 0.6) is 0 Å². The highest BCUT2D eigenvalue weighted by Crippen LogP contribution is 2.22. The molecule has 2 N–H and O–H groups in total. The number of rotatable bonds is 9. The molecule has 4 aromatic rings. The molecule has 0 spiro atoms. The monoisotopic (exact) mass is 597 g/mol. The molecule has 0 aliphatic rings. The van der Waals surface area contributed by atoms with Gasteiger partial charge in [0.25, 0.3) is 5.56 Å². The standard InChI is InChI=1S/C30H33Cl2N5O4/c1-19-11-12-36(13-14-37-25-8-6-5-7-23(25)27(32)35-37)28(39)24(19)16-26(38)33-18-21-15-22(31)10-9-20(21)17-34-29(40)41-30(2,3)4/h5-12,15H,13-14,16-18H2,1-4H3,(H,33,38)(H,34,40). The van der Waals surface area contributed by atoms with E-state index < -0.39 is 11.7 Å². The summed E-state index contributed by atoms with van der Waals surface area (Å²) in [6.45, 7) is 8.37. The van der Waals surface area contributed by atoms with Crippen LogP contribution in [0.25, 0.3) is 10.9 Å². The number of nitrogens with zero attached hydrogens (tertiary/aromatic N) is 3. The van der Waals surface area contributed by atoms with Crippen LogP contribution in [0.1, 0.15) is 43.0 Å². The van der Waals surface area contributed by atoms with Gasteiger partial charge in [-0.15, -0.1) is 0 Å². The molecule has 2 heterocycles. The van der Waals surface area contributed by atoms with Crippen molar-refractivity contribution < 1.29 is 14.3 Å². The van der Waals surface area contributed by atoms with E-state index in [9.17, 15) is 14.4 Å². The quantitative estimate of drug-likeness (QED) is 0.269. The Balaban J connectivity index is 1.40. The van der Waals surface area contributed by atoms with E-state index in [2.05, 4.69) is 15.7 Å². The van der Waals surface area contributed by atoms with Crippen molar-refractivity contribution in [1.82, 2.24) is 25.0 Å². The second-order valence-electron chi connectivity index (χ2n) is 10.7. The number of carbonyl (C=O) groups excluding carboxylic acids is 2. The summed E-state index contributed by atoms with van der Waals surface area (Å²) in [4.78, 5) is 38.3. The Bertz CT molecular complexity index is 1640. The van der Waals surface area contributed by atoms with Gasteiger partial charge >= 0.3 is 6.09 Å². The number of carbonyl (C=O) groups is 2. The first-order valence-corrected chi connectivity index (χ1v) is 14.0. The van der Waals surface area contributed by atoms with Crippen LogP contribution in [0.3, 0.4) is 0 Å². The highest BCUT2D eigenvalue weighted by Gasteiger charge is 2.17. The molecular weight excluding hydrogens is 565 g/mol. The Labute approximate surface area is 248 Å². The van der Waals surface area contributed by atoms with Gasteiger partial charge in [0.05, 0.1) is 18.5 Å². The number of nitrogens with one attached hydrogen (secondary N) is 2. The molecule has 0 saturated heterocycles. The van der Waals surface area contributed by atoms with Gasteiger partial charge in [-0.1, -0.05) is 41.4 Å². The minimum absolute atomic E-state index is 0.0753. The van der Waals surface area contributed by atoms with E-state index >= 15 is 0 Å². The van der Waals surface area contributed by atoms with Gasteiger partial charge in [0.15, 0.2) is 5.15 Å². The van der Waals surface area contributed by atoms with Crippen molar-refractivity contribution >= 4 is 46.1 Å². The van der Waals surface area contributed by atoms with E-state index in [-0.39, 0.29) is 31.0 Å². The molecule has 0 radical (unpaired) electrons. The predicted molar refractivity (Wildman–Crippen MR) is 160 cm³/mol. The largest absolute Gasteiger partial charge is 0.444 e. The average molecular weight is 599 g/mol. The Morgan fingerprint density at radius 1 is 0.976 bits per heavy atom. The number of alkyl carbamates (subject to hydrolysis) is 1. The first kappa shape index (κ1) is 30.1. The number of pyridine rings is 1. The van der Waals surface area contributed by atoms with Gasteiger partial charge in [0.1, 0.15) is 5.60 Å². The Morgan fingerprint density at radius 3 is 2.46 bits per heavy atom. The second kappa shape index (κ2) is 12.8. The third-order valence-electron chi connectivity index (χ3n) is 6.47. The Kier molecular flexibility index (Phi) is 9.40. The first-order chi connectivity index (χ1) is 19.4. The summed E-state index contributed by atoms with van der Waals surface area (Å²) in [6, 6.07) is 14.7. The molecule has 0 unspecified atom stereocenters. The van der Waals surface area contributed by atoms with Gasteiger partial charge in [-0.05, 0) is 74.7 Å². The molecular formula is C30H33Cl2N5O4. The molecule has 216 valence electrons. The zero-order valence-corrected chi connectivity index (χ0v) is 25.0. The number of para-hydroxylation sites is 1. The van der Waals surface area contributed by atoms with Gasteiger partial charge in [-0.25, -0.2) is 4.79 Å². The zero-order chi connectivity index (χ0) is 29.7. The maximum absolute atomic E-state index is 13.3. The summed E-state index contributed by atoms with van der Waals surface area (Å²) in [5.41, 5.74) is 2.73. The van der Waals surface area contributed by atoms with Crippen LogP contribution in [0.15, 0.2) is 59.5 Å². The number of aryl methyl sites for hydroxylation is 3. The lowest BCUT2D eigenvalue weighted by molar-refractivity contribution is -0.120. The van der Waals surface area contributed by atoms with E-state index in [1.807, 2.05) is 37.3 Å². The lowest BCUT2D eigenvalue weighted by atomic mass is 10.1. The SMILES string of the molecule is Cc1ccn(CCn2nc(Cl)c3ccccc32)c(=O)c1CC(=O)NCc1cc(Cl)ccc1CNC(=O)OC(C)(C)C. The van der Waals surface area contributed by atoms with Gasteiger partial charge in [0, 0.05) is 41.8 Å². The van der Waals surface area contributed by atoms with E-state index in [4.69, 9.17) is 27.9 Å². The normalized spacial score (nSPS) is 11.5. The van der Waals surface area contributed by atoms with Crippen molar-refractivity contribution in [2.45, 2.75) is 65.9 Å². The van der Waals surface area contributed by atoms with Crippen molar-refractivity contribution in [3.8, 4) is 0 Å². The molecule has 4 rings (SSSR count). The fraction of sp³-hybridized carbons (Fsp3) is 0.333. The number of fused-ring (bicyclic) bond motifs is 1. The number of hydrogen-bond donors (Lipinski definition) is 2. The van der Waals surface area contributed by atoms with Crippen LogP contribution in [-0.4, -0.2) is 31.9 Å². The molecule has 0 aliphatic heterocycles. The van der Waals surface area contributed by atoms with E-state index in [1.165, 1.54) is 0 Å². The molecule has 2 amide bonds.